The normalized spacial score (nSPS) is 17.2. The summed E-state index contributed by atoms with van der Waals surface area (Å²) in [4.78, 5) is 2.20. The van der Waals surface area contributed by atoms with Gasteiger partial charge in [-0.05, 0) is 22.9 Å². The van der Waals surface area contributed by atoms with Gasteiger partial charge in [0.1, 0.15) is 0 Å². The molecule has 0 amide bonds. The first-order valence-electron chi connectivity index (χ1n) is 6.61. The maximum atomic E-state index is 9.50. The minimum absolute atomic E-state index is 0.0829. The fourth-order valence-electron chi connectivity index (χ4n) is 2.63. The van der Waals surface area contributed by atoms with Crippen molar-refractivity contribution in [2.75, 3.05) is 38.3 Å². The number of nitrogens with zero attached hydrogens (tertiary/aromatic N) is 1. The number of hydrogen-bond acceptors (Lipinski definition) is 3. The molecule has 3 heteroatoms. The van der Waals surface area contributed by atoms with E-state index in [1.165, 1.54) is 16.5 Å². The molecule has 0 radical (unpaired) electrons. The number of aliphatic hydroxyl groups excluding tert-OH is 1. The molecule has 100 valence electrons. The number of rotatable bonds is 4. The largest absolute Gasteiger partial charge is 0.396 e. The average molecular weight is 257 g/mol. The fraction of sp³-hybridized carbons (Fsp3) is 0.375. The first-order chi connectivity index (χ1) is 9.22. The van der Waals surface area contributed by atoms with Crippen molar-refractivity contribution in [2.45, 2.75) is 0 Å². The van der Waals surface area contributed by atoms with Gasteiger partial charge in [-0.1, -0.05) is 30.3 Å². The molecule has 0 bridgehead atoms. The molecular weight excluding hydrogens is 238 g/mol. The Morgan fingerprint density at radius 3 is 2.53 bits per heavy atom. The van der Waals surface area contributed by atoms with Crippen molar-refractivity contribution in [3.05, 3.63) is 42.5 Å². The van der Waals surface area contributed by atoms with Crippen LogP contribution in [0.3, 0.4) is 0 Å². The van der Waals surface area contributed by atoms with Crippen molar-refractivity contribution in [2.24, 2.45) is 5.41 Å². The quantitative estimate of drug-likeness (QED) is 0.912. The van der Waals surface area contributed by atoms with Gasteiger partial charge in [0.15, 0.2) is 0 Å². The molecule has 1 saturated heterocycles. The zero-order valence-corrected chi connectivity index (χ0v) is 11.2. The van der Waals surface area contributed by atoms with Crippen LogP contribution in [-0.2, 0) is 4.74 Å². The number of aliphatic hydroxyl groups is 1. The molecule has 1 N–H and O–H groups in total. The molecule has 0 aliphatic carbocycles. The molecule has 0 aromatic heterocycles. The van der Waals surface area contributed by atoms with Crippen LogP contribution in [0.15, 0.2) is 42.5 Å². The number of hydrogen-bond donors (Lipinski definition) is 1. The highest BCUT2D eigenvalue weighted by atomic mass is 16.5. The topological polar surface area (TPSA) is 32.7 Å². The van der Waals surface area contributed by atoms with Crippen LogP contribution in [0.4, 0.5) is 5.69 Å². The van der Waals surface area contributed by atoms with Crippen LogP contribution in [0.2, 0.25) is 0 Å². The molecule has 1 heterocycles. The van der Waals surface area contributed by atoms with Gasteiger partial charge in [-0.2, -0.15) is 0 Å². The van der Waals surface area contributed by atoms with E-state index < -0.39 is 0 Å². The van der Waals surface area contributed by atoms with E-state index in [1.54, 1.807) is 0 Å². The summed E-state index contributed by atoms with van der Waals surface area (Å²) in [5.74, 6) is 0. The lowest BCUT2D eigenvalue weighted by molar-refractivity contribution is -0.130. The van der Waals surface area contributed by atoms with Gasteiger partial charge in [-0.3, -0.25) is 0 Å². The number of benzene rings is 2. The highest BCUT2D eigenvalue weighted by Gasteiger charge is 2.39. The molecule has 3 nitrogen and oxygen atoms in total. The second-order valence-electron chi connectivity index (χ2n) is 5.54. The Hall–Kier alpha value is -1.58. The lowest BCUT2D eigenvalue weighted by Crippen LogP contribution is -2.52. The molecule has 0 saturated carbocycles. The van der Waals surface area contributed by atoms with E-state index in [-0.39, 0.29) is 12.0 Å². The minimum Gasteiger partial charge on any atom is -0.396 e. The molecule has 3 rings (SSSR count). The third-order valence-electron chi connectivity index (χ3n) is 3.90. The first-order valence-corrected chi connectivity index (χ1v) is 6.61. The van der Waals surface area contributed by atoms with Gasteiger partial charge in [0.05, 0.1) is 25.2 Å². The number of ether oxygens (including phenoxy) is 1. The van der Waals surface area contributed by atoms with Crippen molar-refractivity contribution >= 4 is 16.5 Å². The van der Waals surface area contributed by atoms with Crippen LogP contribution in [0, 0.1) is 5.41 Å². The molecule has 0 atom stereocenters. The summed E-state index contributed by atoms with van der Waals surface area (Å²) in [6, 6.07) is 14.8. The van der Waals surface area contributed by atoms with Crippen LogP contribution in [-0.4, -0.2) is 38.5 Å². The van der Waals surface area contributed by atoms with Gasteiger partial charge in [0, 0.05) is 19.3 Å². The molecule has 19 heavy (non-hydrogen) atoms. The second-order valence-corrected chi connectivity index (χ2v) is 5.54. The van der Waals surface area contributed by atoms with Crippen molar-refractivity contribution in [3.8, 4) is 0 Å². The molecule has 0 unspecified atom stereocenters. The molecule has 1 aliphatic rings. The number of anilines is 1. The van der Waals surface area contributed by atoms with Crippen LogP contribution in [0.25, 0.3) is 10.8 Å². The molecule has 2 aromatic rings. The fourth-order valence-corrected chi connectivity index (χ4v) is 2.63. The van der Waals surface area contributed by atoms with Crippen LogP contribution < -0.4 is 4.90 Å². The van der Waals surface area contributed by atoms with E-state index in [1.807, 2.05) is 0 Å². The summed E-state index contributed by atoms with van der Waals surface area (Å²) >= 11 is 0. The Kier molecular flexibility index (Phi) is 3.17. The Labute approximate surface area is 113 Å². The van der Waals surface area contributed by atoms with Gasteiger partial charge in [0.2, 0.25) is 0 Å². The lowest BCUT2D eigenvalue weighted by atomic mass is 9.86. The van der Waals surface area contributed by atoms with Gasteiger partial charge >= 0.3 is 0 Å². The third-order valence-corrected chi connectivity index (χ3v) is 3.90. The standard InChI is InChI=1S/C16H19NO2/c1-17(9-16(10-18)11-19-12-16)15-7-6-13-4-2-3-5-14(13)8-15/h2-8,18H,9-12H2,1H3. The van der Waals surface area contributed by atoms with E-state index in [9.17, 15) is 5.11 Å². The van der Waals surface area contributed by atoms with Crippen molar-refractivity contribution in [1.82, 2.24) is 0 Å². The lowest BCUT2D eigenvalue weighted by Gasteiger charge is -2.42. The Morgan fingerprint density at radius 1 is 1.16 bits per heavy atom. The maximum absolute atomic E-state index is 9.50. The van der Waals surface area contributed by atoms with Crippen LogP contribution in [0.1, 0.15) is 0 Å². The summed E-state index contributed by atoms with van der Waals surface area (Å²) in [6.07, 6.45) is 0. The van der Waals surface area contributed by atoms with Crippen molar-refractivity contribution < 1.29 is 9.84 Å². The number of fused-ring (bicyclic) bond motifs is 1. The van der Waals surface area contributed by atoms with E-state index >= 15 is 0 Å². The Morgan fingerprint density at radius 2 is 1.89 bits per heavy atom. The maximum Gasteiger partial charge on any atom is 0.0584 e. The summed E-state index contributed by atoms with van der Waals surface area (Å²) in [5.41, 5.74) is 1.10. The summed E-state index contributed by atoms with van der Waals surface area (Å²) in [5, 5.41) is 12.0. The smallest absolute Gasteiger partial charge is 0.0584 e. The van der Waals surface area contributed by atoms with Crippen LogP contribution in [0.5, 0.6) is 0 Å². The molecule has 1 fully saturated rings. The SMILES string of the molecule is CN(CC1(CO)COC1)c1ccc2ccccc2c1. The van der Waals surface area contributed by atoms with Crippen molar-refractivity contribution in [3.63, 3.8) is 0 Å². The molecule has 0 spiro atoms. The van der Waals surface area contributed by atoms with E-state index in [2.05, 4.69) is 54.4 Å². The minimum atomic E-state index is -0.0829. The average Bonchev–Trinajstić information content (AvgIpc) is 2.42. The summed E-state index contributed by atoms with van der Waals surface area (Å²) in [6.45, 7) is 2.32. The second kappa shape index (κ2) is 4.83. The molecule has 2 aromatic carbocycles. The van der Waals surface area contributed by atoms with E-state index in [0.29, 0.717) is 13.2 Å². The Bertz CT molecular complexity index is 572. The highest BCUT2D eigenvalue weighted by Crippen LogP contribution is 2.30. The predicted octanol–water partition coefficient (Wildman–Crippen LogP) is 2.28. The monoisotopic (exact) mass is 257 g/mol. The zero-order valence-electron chi connectivity index (χ0n) is 11.2. The predicted molar refractivity (Wildman–Crippen MR) is 77.6 cm³/mol. The van der Waals surface area contributed by atoms with Gasteiger partial charge in [0.25, 0.3) is 0 Å². The molecular formula is C16H19NO2. The van der Waals surface area contributed by atoms with E-state index in [4.69, 9.17) is 4.74 Å². The highest BCUT2D eigenvalue weighted by molar-refractivity contribution is 5.85. The van der Waals surface area contributed by atoms with Gasteiger partial charge in [-0.25, -0.2) is 0 Å². The van der Waals surface area contributed by atoms with Gasteiger partial charge in [-0.15, -0.1) is 0 Å². The first kappa shape index (κ1) is 12.5. The van der Waals surface area contributed by atoms with Crippen molar-refractivity contribution in [1.29, 1.82) is 0 Å². The third kappa shape index (κ3) is 2.31. The van der Waals surface area contributed by atoms with Gasteiger partial charge < -0.3 is 14.7 Å². The zero-order chi connectivity index (χ0) is 13.3. The Balaban J connectivity index is 1.83. The van der Waals surface area contributed by atoms with Crippen LogP contribution >= 0.6 is 0 Å². The summed E-state index contributed by atoms with van der Waals surface area (Å²) in [7, 11) is 2.07. The summed E-state index contributed by atoms with van der Waals surface area (Å²) < 4.78 is 5.25. The molecule has 1 aliphatic heterocycles. The van der Waals surface area contributed by atoms with E-state index in [0.717, 1.165) is 6.54 Å².